The predicted molar refractivity (Wildman–Crippen MR) is 152 cm³/mol. The summed E-state index contributed by atoms with van der Waals surface area (Å²) in [6.07, 6.45) is 2.14. The van der Waals surface area contributed by atoms with Crippen molar-refractivity contribution in [3.05, 3.63) is 109 Å². The minimum atomic E-state index is -0.130. The molecule has 0 aliphatic rings. The van der Waals surface area contributed by atoms with Gasteiger partial charge in [0, 0.05) is 37.7 Å². The molecule has 168 valence electrons. The molecule has 0 saturated heterocycles. The standard InChI is InChI=1S/C32H23NOS/c1-35(2)30-17-9-15-27-26-14-8-13-23(31(26)34-32(27)30)21-18-19-25-24-12-6-7-16-28(24)33(29(25)20-21)22-10-4-3-5-11-22/h3-20H,1H2,2H3. The third-order valence-electron chi connectivity index (χ3n) is 6.86. The molecular formula is C32H23NOS. The van der Waals surface area contributed by atoms with E-state index in [-0.39, 0.29) is 10.5 Å². The van der Waals surface area contributed by atoms with E-state index in [9.17, 15) is 0 Å². The van der Waals surface area contributed by atoms with Crippen molar-refractivity contribution in [1.82, 2.24) is 4.57 Å². The second-order valence-electron chi connectivity index (χ2n) is 8.97. The maximum Gasteiger partial charge on any atom is 0.148 e. The lowest BCUT2D eigenvalue weighted by Crippen LogP contribution is -1.93. The van der Waals surface area contributed by atoms with Crippen molar-refractivity contribution < 1.29 is 4.42 Å². The highest BCUT2D eigenvalue weighted by atomic mass is 32.2. The van der Waals surface area contributed by atoms with E-state index >= 15 is 0 Å². The largest absolute Gasteiger partial charge is 0.454 e. The minimum Gasteiger partial charge on any atom is -0.454 e. The Bertz CT molecular complexity index is 1920. The molecule has 0 fully saturated rings. The summed E-state index contributed by atoms with van der Waals surface area (Å²) in [6, 6.07) is 38.8. The number of para-hydroxylation sites is 4. The van der Waals surface area contributed by atoms with Crippen molar-refractivity contribution in [1.29, 1.82) is 0 Å². The van der Waals surface area contributed by atoms with Gasteiger partial charge in [-0.3, -0.25) is 0 Å². The number of aromatic nitrogens is 1. The Morgan fingerprint density at radius 2 is 1.31 bits per heavy atom. The van der Waals surface area contributed by atoms with E-state index in [1.165, 1.54) is 26.7 Å². The number of fused-ring (bicyclic) bond motifs is 6. The Labute approximate surface area is 206 Å². The van der Waals surface area contributed by atoms with E-state index in [0.717, 1.165) is 38.8 Å². The molecule has 0 aliphatic carbocycles. The fraction of sp³-hybridized carbons (Fsp3) is 0.0312. The quantitative estimate of drug-likeness (QED) is 0.236. The van der Waals surface area contributed by atoms with Gasteiger partial charge in [0.05, 0.1) is 11.0 Å². The van der Waals surface area contributed by atoms with Gasteiger partial charge in [-0.25, -0.2) is 0 Å². The zero-order chi connectivity index (χ0) is 23.5. The zero-order valence-corrected chi connectivity index (χ0v) is 20.2. The Morgan fingerprint density at radius 1 is 0.629 bits per heavy atom. The molecule has 2 aromatic heterocycles. The van der Waals surface area contributed by atoms with Crippen molar-refractivity contribution in [2.45, 2.75) is 4.90 Å². The van der Waals surface area contributed by atoms with E-state index in [4.69, 9.17) is 4.42 Å². The Hall–Kier alpha value is -4.08. The van der Waals surface area contributed by atoms with Crippen LogP contribution in [0.15, 0.2) is 119 Å². The van der Waals surface area contributed by atoms with Crippen LogP contribution < -0.4 is 0 Å². The topological polar surface area (TPSA) is 18.1 Å². The SMILES string of the molecule is C=S(C)c1cccc2c1oc1c(-c3ccc4c5ccccc5n(-c5ccccc5)c4c3)cccc12. The molecule has 0 N–H and O–H groups in total. The number of nitrogens with zero attached hydrogens (tertiary/aromatic N) is 1. The number of furan rings is 1. The van der Waals surface area contributed by atoms with E-state index in [1.54, 1.807) is 0 Å². The molecule has 0 amide bonds. The molecule has 5 aromatic carbocycles. The second-order valence-corrected chi connectivity index (χ2v) is 10.7. The summed E-state index contributed by atoms with van der Waals surface area (Å²) in [6.45, 7) is 0. The van der Waals surface area contributed by atoms with Crippen LogP contribution in [0.3, 0.4) is 0 Å². The van der Waals surface area contributed by atoms with Gasteiger partial charge in [0.15, 0.2) is 0 Å². The lowest BCUT2D eigenvalue weighted by Gasteiger charge is -2.09. The van der Waals surface area contributed by atoms with E-state index < -0.39 is 0 Å². The molecule has 3 heteroatoms. The first-order chi connectivity index (χ1) is 17.2. The summed E-state index contributed by atoms with van der Waals surface area (Å²) in [5.41, 5.74) is 7.70. The van der Waals surface area contributed by atoms with Gasteiger partial charge in [0.25, 0.3) is 0 Å². The van der Waals surface area contributed by atoms with Crippen molar-refractivity contribution in [2.75, 3.05) is 6.26 Å². The van der Waals surface area contributed by atoms with E-state index in [0.29, 0.717) is 0 Å². The van der Waals surface area contributed by atoms with Crippen molar-refractivity contribution in [2.24, 2.45) is 0 Å². The third-order valence-corrected chi connectivity index (χ3v) is 7.94. The monoisotopic (exact) mass is 469 g/mol. The second kappa shape index (κ2) is 7.72. The highest BCUT2D eigenvalue weighted by Gasteiger charge is 2.17. The van der Waals surface area contributed by atoms with Crippen LogP contribution in [0.5, 0.6) is 0 Å². The van der Waals surface area contributed by atoms with Gasteiger partial charge in [0.2, 0.25) is 0 Å². The molecule has 0 spiro atoms. The fourth-order valence-corrected chi connectivity index (χ4v) is 6.07. The highest BCUT2D eigenvalue weighted by molar-refractivity contribution is 8.13. The molecule has 2 nitrogen and oxygen atoms in total. The Kier molecular flexibility index (Phi) is 4.48. The molecule has 0 aliphatic heterocycles. The number of benzene rings is 5. The van der Waals surface area contributed by atoms with Gasteiger partial charge in [-0.2, -0.15) is 10.5 Å². The summed E-state index contributed by atoms with van der Waals surface area (Å²) in [7, 11) is -0.130. The highest BCUT2D eigenvalue weighted by Crippen LogP contribution is 2.41. The number of rotatable bonds is 3. The molecule has 7 rings (SSSR count). The predicted octanol–water partition coefficient (Wildman–Crippen LogP) is 9.04. The maximum absolute atomic E-state index is 6.58. The first kappa shape index (κ1) is 20.3. The maximum atomic E-state index is 6.58. The zero-order valence-electron chi connectivity index (χ0n) is 19.4. The molecule has 1 unspecified atom stereocenters. The average molecular weight is 470 g/mol. The average Bonchev–Trinajstić information content (AvgIpc) is 3.44. The summed E-state index contributed by atoms with van der Waals surface area (Å²) < 4.78 is 8.93. The van der Waals surface area contributed by atoms with Crippen LogP contribution in [0.25, 0.3) is 60.6 Å². The minimum absolute atomic E-state index is 0.130. The van der Waals surface area contributed by atoms with Gasteiger partial charge in [-0.1, -0.05) is 84.7 Å². The lowest BCUT2D eigenvalue weighted by molar-refractivity contribution is 0.661. The normalized spacial score (nSPS) is 12.7. The van der Waals surface area contributed by atoms with Crippen LogP contribution in [0.2, 0.25) is 0 Å². The van der Waals surface area contributed by atoms with Crippen LogP contribution in [-0.4, -0.2) is 16.7 Å². The van der Waals surface area contributed by atoms with Gasteiger partial charge in [-0.05, 0) is 42.2 Å². The summed E-state index contributed by atoms with van der Waals surface area (Å²) in [5.74, 6) is 4.27. The van der Waals surface area contributed by atoms with Crippen LogP contribution in [0, 0.1) is 0 Å². The summed E-state index contributed by atoms with van der Waals surface area (Å²) in [5, 5.41) is 4.81. The van der Waals surface area contributed by atoms with Crippen molar-refractivity contribution in [3.8, 4) is 16.8 Å². The van der Waals surface area contributed by atoms with E-state index in [1.807, 2.05) is 0 Å². The number of hydrogen-bond donors (Lipinski definition) is 0. The van der Waals surface area contributed by atoms with Crippen molar-refractivity contribution >= 4 is 60.1 Å². The molecule has 2 heterocycles. The van der Waals surface area contributed by atoms with Gasteiger partial charge >= 0.3 is 0 Å². The molecule has 35 heavy (non-hydrogen) atoms. The first-order valence-corrected chi connectivity index (χ1v) is 13.5. The molecule has 1 atom stereocenters. The molecule has 0 radical (unpaired) electrons. The first-order valence-electron chi connectivity index (χ1n) is 11.7. The van der Waals surface area contributed by atoms with E-state index in [2.05, 4.69) is 126 Å². The van der Waals surface area contributed by atoms with Crippen LogP contribution in [0.4, 0.5) is 0 Å². The Balaban J connectivity index is 1.54. The molecule has 0 saturated carbocycles. The van der Waals surface area contributed by atoms with Gasteiger partial charge in [0.1, 0.15) is 11.2 Å². The fourth-order valence-electron chi connectivity index (χ4n) is 5.29. The number of hydrogen-bond acceptors (Lipinski definition) is 1. The van der Waals surface area contributed by atoms with Crippen molar-refractivity contribution in [3.63, 3.8) is 0 Å². The lowest BCUT2D eigenvalue weighted by atomic mass is 10.0. The van der Waals surface area contributed by atoms with Crippen LogP contribution in [-0.2, 0) is 0 Å². The molecule has 0 bridgehead atoms. The third kappa shape index (κ3) is 3.02. The van der Waals surface area contributed by atoms with Crippen LogP contribution in [0.1, 0.15) is 0 Å². The summed E-state index contributed by atoms with van der Waals surface area (Å²) >= 11 is 0. The van der Waals surface area contributed by atoms with Gasteiger partial charge in [-0.15, -0.1) is 0 Å². The smallest absolute Gasteiger partial charge is 0.148 e. The van der Waals surface area contributed by atoms with Gasteiger partial charge < -0.3 is 8.98 Å². The molecular weight excluding hydrogens is 446 g/mol. The molecule has 7 aromatic rings. The Morgan fingerprint density at radius 3 is 2.14 bits per heavy atom. The van der Waals surface area contributed by atoms with Crippen LogP contribution >= 0.6 is 10.5 Å². The summed E-state index contributed by atoms with van der Waals surface area (Å²) in [4.78, 5) is 1.17.